The molecule has 5 heteroatoms. The van der Waals surface area contributed by atoms with Crippen LogP contribution < -0.4 is 10.1 Å². The minimum atomic E-state index is -0.472. The van der Waals surface area contributed by atoms with Gasteiger partial charge >= 0.3 is 5.97 Å². The Morgan fingerprint density at radius 3 is 2.43 bits per heavy atom. The standard InChI is InChI=1S/C23H21NO4/c1-27-19-11-7-8-17(14-19)15-23(26)28-16-22(25)24-21-13-6-5-12-20(21)18-9-3-2-4-10-18/h2-14H,15-16H2,1H3,(H,24,25). The number of anilines is 1. The maximum atomic E-state index is 12.2. The number of para-hydroxylation sites is 1. The Kier molecular flexibility index (Phi) is 6.41. The van der Waals surface area contributed by atoms with Gasteiger partial charge in [0, 0.05) is 11.3 Å². The lowest BCUT2D eigenvalue weighted by Gasteiger charge is -2.11. The van der Waals surface area contributed by atoms with Crippen molar-refractivity contribution in [1.29, 1.82) is 0 Å². The maximum absolute atomic E-state index is 12.2. The fraction of sp³-hybridized carbons (Fsp3) is 0.130. The summed E-state index contributed by atoms with van der Waals surface area (Å²) >= 11 is 0. The SMILES string of the molecule is COc1cccc(CC(=O)OCC(=O)Nc2ccccc2-c2ccccc2)c1. The van der Waals surface area contributed by atoms with Crippen LogP contribution in [-0.2, 0) is 20.7 Å². The first-order valence-electron chi connectivity index (χ1n) is 8.88. The molecule has 0 aromatic heterocycles. The van der Waals surface area contributed by atoms with Crippen molar-refractivity contribution in [2.45, 2.75) is 6.42 Å². The number of carbonyl (C=O) groups is 2. The van der Waals surface area contributed by atoms with Gasteiger partial charge in [0.2, 0.25) is 0 Å². The number of ether oxygens (including phenoxy) is 2. The molecule has 0 saturated carbocycles. The fourth-order valence-corrected chi connectivity index (χ4v) is 2.79. The molecule has 0 fully saturated rings. The maximum Gasteiger partial charge on any atom is 0.310 e. The Labute approximate surface area is 163 Å². The third kappa shape index (κ3) is 5.20. The van der Waals surface area contributed by atoms with Crippen LogP contribution in [0.4, 0.5) is 5.69 Å². The summed E-state index contributed by atoms with van der Waals surface area (Å²) in [6.45, 7) is -0.341. The molecule has 3 rings (SSSR count). The summed E-state index contributed by atoms with van der Waals surface area (Å²) in [5.74, 6) is -0.192. The normalized spacial score (nSPS) is 10.2. The van der Waals surface area contributed by atoms with Crippen molar-refractivity contribution in [2.24, 2.45) is 0 Å². The number of nitrogens with one attached hydrogen (secondary N) is 1. The van der Waals surface area contributed by atoms with E-state index in [0.717, 1.165) is 16.7 Å². The number of methoxy groups -OCH3 is 1. The quantitative estimate of drug-likeness (QED) is 0.632. The van der Waals surface area contributed by atoms with Crippen LogP contribution in [0.1, 0.15) is 5.56 Å². The van der Waals surface area contributed by atoms with Crippen LogP contribution in [-0.4, -0.2) is 25.6 Å². The molecular weight excluding hydrogens is 354 g/mol. The zero-order chi connectivity index (χ0) is 19.8. The Hall–Kier alpha value is -3.60. The molecule has 0 bridgehead atoms. The van der Waals surface area contributed by atoms with Crippen LogP contribution >= 0.6 is 0 Å². The molecule has 142 valence electrons. The third-order valence-corrected chi connectivity index (χ3v) is 4.13. The molecule has 1 N–H and O–H groups in total. The number of hydrogen-bond acceptors (Lipinski definition) is 4. The van der Waals surface area contributed by atoms with Gasteiger partial charge in [-0.25, -0.2) is 0 Å². The van der Waals surface area contributed by atoms with Crippen molar-refractivity contribution in [2.75, 3.05) is 19.0 Å². The van der Waals surface area contributed by atoms with E-state index >= 15 is 0 Å². The summed E-state index contributed by atoms with van der Waals surface area (Å²) in [7, 11) is 1.56. The molecule has 0 unspecified atom stereocenters. The summed E-state index contributed by atoms with van der Waals surface area (Å²) in [6, 6.07) is 24.4. The second-order valence-electron chi connectivity index (χ2n) is 6.15. The average molecular weight is 375 g/mol. The molecule has 0 atom stereocenters. The summed E-state index contributed by atoms with van der Waals surface area (Å²) in [5, 5.41) is 2.81. The number of amides is 1. The zero-order valence-electron chi connectivity index (χ0n) is 15.6. The van der Waals surface area contributed by atoms with Crippen LogP contribution in [0.15, 0.2) is 78.9 Å². The monoisotopic (exact) mass is 375 g/mol. The van der Waals surface area contributed by atoms with Gasteiger partial charge in [0.1, 0.15) is 5.75 Å². The minimum Gasteiger partial charge on any atom is -0.497 e. The fourth-order valence-electron chi connectivity index (χ4n) is 2.79. The van der Waals surface area contributed by atoms with Crippen molar-refractivity contribution in [3.05, 3.63) is 84.4 Å². The lowest BCUT2D eigenvalue weighted by atomic mass is 10.0. The predicted molar refractivity (Wildman–Crippen MR) is 108 cm³/mol. The molecule has 3 aromatic rings. The summed E-state index contributed by atoms with van der Waals surface area (Å²) in [5.41, 5.74) is 3.33. The molecule has 0 aliphatic heterocycles. The van der Waals surface area contributed by atoms with E-state index in [1.165, 1.54) is 0 Å². The number of carbonyl (C=O) groups excluding carboxylic acids is 2. The van der Waals surface area contributed by atoms with Crippen molar-refractivity contribution < 1.29 is 19.1 Å². The molecule has 0 heterocycles. The Morgan fingerprint density at radius 2 is 1.64 bits per heavy atom. The van der Waals surface area contributed by atoms with Gasteiger partial charge in [0.15, 0.2) is 6.61 Å². The average Bonchev–Trinajstić information content (AvgIpc) is 2.73. The van der Waals surface area contributed by atoms with Crippen LogP contribution in [0, 0.1) is 0 Å². The summed E-state index contributed by atoms with van der Waals surface area (Å²) in [6.07, 6.45) is 0.0745. The summed E-state index contributed by atoms with van der Waals surface area (Å²) in [4.78, 5) is 24.3. The molecule has 0 radical (unpaired) electrons. The number of hydrogen-bond donors (Lipinski definition) is 1. The molecule has 0 spiro atoms. The van der Waals surface area contributed by atoms with Crippen LogP contribution in [0.25, 0.3) is 11.1 Å². The van der Waals surface area contributed by atoms with Gasteiger partial charge in [-0.05, 0) is 29.3 Å². The number of rotatable bonds is 7. The molecule has 28 heavy (non-hydrogen) atoms. The first-order chi connectivity index (χ1) is 13.7. The first-order valence-corrected chi connectivity index (χ1v) is 8.88. The van der Waals surface area contributed by atoms with Crippen LogP contribution in [0.5, 0.6) is 5.75 Å². The van der Waals surface area contributed by atoms with Crippen molar-refractivity contribution in [3.8, 4) is 16.9 Å². The number of benzene rings is 3. The highest BCUT2D eigenvalue weighted by atomic mass is 16.5. The van der Waals surface area contributed by atoms with E-state index in [9.17, 15) is 9.59 Å². The van der Waals surface area contributed by atoms with E-state index < -0.39 is 5.97 Å². The predicted octanol–water partition coefficient (Wildman–Crippen LogP) is 4.09. The molecule has 1 amide bonds. The topological polar surface area (TPSA) is 64.6 Å². The van der Waals surface area contributed by atoms with Gasteiger partial charge < -0.3 is 14.8 Å². The molecule has 0 saturated heterocycles. The van der Waals surface area contributed by atoms with Gasteiger partial charge in [-0.1, -0.05) is 60.7 Å². The smallest absolute Gasteiger partial charge is 0.310 e. The van der Waals surface area contributed by atoms with Gasteiger partial charge in [0.25, 0.3) is 5.91 Å². The minimum absolute atomic E-state index is 0.0745. The van der Waals surface area contributed by atoms with Crippen LogP contribution in [0.3, 0.4) is 0 Å². The van der Waals surface area contributed by atoms with Crippen molar-refractivity contribution in [1.82, 2.24) is 0 Å². The van der Waals surface area contributed by atoms with Gasteiger partial charge in [-0.3, -0.25) is 9.59 Å². The molecule has 5 nitrogen and oxygen atoms in total. The van der Waals surface area contributed by atoms with E-state index in [2.05, 4.69) is 5.32 Å². The van der Waals surface area contributed by atoms with E-state index in [1.54, 1.807) is 31.4 Å². The Bertz CT molecular complexity index is 954. The second-order valence-corrected chi connectivity index (χ2v) is 6.15. The highest BCUT2D eigenvalue weighted by molar-refractivity contribution is 5.96. The Morgan fingerprint density at radius 1 is 0.893 bits per heavy atom. The molecule has 0 aliphatic rings. The van der Waals surface area contributed by atoms with Gasteiger partial charge in [0.05, 0.1) is 13.5 Å². The van der Waals surface area contributed by atoms with E-state index in [0.29, 0.717) is 11.4 Å². The van der Waals surface area contributed by atoms with Gasteiger partial charge in [-0.15, -0.1) is 0 Å². The highest BCUT2D eigenvalue weighted by Gasteiger charge is 2.11. The molecule has 0 aliphatic carbocycles. The molecular formula is C23H21NO4. The third-order valence-electron chi connectivity index (χ3n) is 4.13. The zero-order valence-corrected chi connectivity index (χ0v) is 15.6. The summed E-state index contributed by atoms with van der Waals surface area (Å²) < 4.78 is 10.2. The molecule has 3 aromatic carbocycles. The van der Waals surface area contributed by atoms with Crippen molar-refractivity contribution >= 4 is 17.6 Å². The largest absolute Gasteiger partial charge is 0.497 e. The lowest BCUT2D eigenvalue weighted by Crippen LogP contribution is -2.22. The first kappa shape index (κ1) is 19.2. The van der Waals surface area contributed by atoms with E-state index in [-0.39, 0.29) is 18.9 Å². The van der Waals surface area contributed by atoms with E-state index in [4.69, 9.17) is 9.47 Å². The van der Waals surface area contributed by atoms with E-state index in [1.807, 2.05) is 54.6 Å². The van der Waals surface area contributed by atoms with Crippen molar-refractivity contribution in [3.63, 3.8) is 0 Å². The number of esters is 1. The lowest BCUT2D eigenvalue weighted by molar-refractivity contribution is -0.146. The Balaban J connectivity index is 1.57. The van der Waals surface area contributed by atoms with Crippen LogP contribution in [0.2, 0.25) is 0 Å². The highest BCUT2D eigenvalue weighted by Crippen LogP contribution is 2.27. The van der Waals surface area contributed by atoms with Gasteiger partial charge in [-0.2, -0.15) is 0 Å². The second kappa shape index (κ2) is 9.37.